The maximum atomic E-state index is 13.2. The summed E-state index contributed by atoms with van der Waals surface area (Å²) in [5.41, 5.74) is 0.163. The Labute approximate surface area is 95.8 Å². The normalized spacial score (nSPS) is 17.2. The van der Waals surface area contributed by atoms with Crippen molar-refractivity contribution in [1.82, 2.24) is 0 Å². The van der Waals surface area contributed by atoms with Gasteiger partial charge in [-0.05, 0) is 30.4 Å². The van der Waals surface area contributed by atoms with E-state index in [1.165, 1.54) is 6.07 Å². The van der Waals surface area contributed by atoms with Gasteiger partial charge in [-0.1, -0.05) is 17.7 Å². The van der Waals surface area contributed by atoms with Crippen LogP contribution in [0.25, 0.3) is 0 Å². The molecular weight excluding hydrogens is 238 g/mol. The first-order chi connectivity index (χ1) is 7.52. The number of halogens is 3. The van der Waals surface area contributed by atoms with Crippen molar-refractivity contribution in [2.24, 2.45) is 5.92 Å². The minimum Gasteiger partial charge on any atom is -0.481 e. The van der Waals surface area contributed by atoms with Crippen LogP contribution in [0.5, 0.6) is 0 Å². The van der Waals surface area contributed by atoms with E-state index >= 15 is 0 Å². The standard InChI is InChI=1S/C11H9ClF2O2/c12-9-6(3-4-7(13)10(9)14)8(11(15)16)5-1-2-5/h3-5,8H,1-2H2,(H,15,16). The predicted octanol–water partition coefficient (Wildman–Crippen LogP) is 3.20. The highest BCUT2D eigenvalue weighted by Gasteiger charge is 2.39. The number of benzene rings is 1. The molecule has 1 saturated carbocycles. The molecule has 2 nitrogen and oxygen atoms in total. The van der Waals surface area contributed by atoms with Crippen LogP contribution in [0.15, 0.2) is 12.1 Å². The molecule has 16 heavy (non-hydrogen) atoms. The molecule has 0 heterocycles. The van der Waals surface area contributed by atoms with Gasteiger partial charge in [0.15, 0.2) is 11.6 Å². The van der Waals surface area contributed by atoms with Gasteiger partial charge in [-0.3, -0.25) is 4.79 Å². The highest BCUT2D eigenvalue weighted by molar-refractivity contribution is 6.31. The first-order valence-corrected chi connectivity index (χ1v) is 5.26. The summed E-state index contributed by atoms with van der Waals surface area (Å²) in [6.45, 7) is 0. The molecule has 1 aliphatic rings. The van der Waals surface area contributed by atoms with Crippen LogP contribution in [0.3, 0.4) is 0 Å². The maximum Gasteiger partial charge on any atom is 0.311 e. The number of hydrogen-bond acceptors (Lipinski definition) is 1. The highest BCUT2D eigenvalue weighted by Crippen LogP contribution is 2.45. The van der Waals surface area contributed by atoms with E-state index in [1.54, 1.807) is 0 Å². The van der Waals surface area contributed by atoms with E-state index in [2.05, 4.69) is 0 Å². The second-order valence-corrected chi connectivity index (χ2v) is 4.30. The summed E-state index contributed by atoms with van der Waals surface area (Å²) in [5, 5.41) is 8.63. The Kier molecular flexibility index (Phi) is 2.84. The zero-order valence-corrected chi connectivity index (χ0v) is 8.97. The quantitative estimate of drug-likeness (QED) is 0.832. The second kappa shape index (κ2) is 4.01. The molecule has 1 aromatic rings. The molecule has 0 aliphatic heterocycles. The molecule has 1 N–H and O–H groups in total. The van der Waals surface area contributed by atoms with Crippen LogP contribution >= 0.6 is 11.6 Å². The van der Waals surface area contributed by atoms with Crippen molar-refractivity contribution in [2.75, 3.05) is 0 Å². The molecule has 1 atom stereocenters. The lowest BCUT2D eigenvalue weighted by Crippen LogP contribution is -2.14. The molecule has 1 aliphatic carbocycles. The van der Waals surface area contributed by atoms with E-state index in [0.29, 0.717) is 0 Å². The fourth-order valence-electron chi connectivity index (χ4n) is 1.80. The van der Waals surface area contributed by atoms with Gasteiger partial charge < -0.3 is 5.11 Å². The highest BCUT2D eigenvalue weighted by atomic mass is 35.5. The molecule has 5 heteroatoms. The first kappa shape index (κ1) is 11.3. The number of carboxylic acids is 1. The molecule has 86 valence electrons. The van der Waals surface area contributed by atoms with Crippen LogP contribution < -0.4 is 0 Å². The Morgan fingerprint density at radius 3 is 2.56 bits per heavy atom. The van der Waals surface area contributed by atoms with Gasteiger partial charge in [0.2, 0.25) is 0 Å². The third-order valence-corrected chi connectivity index (χ3v) is 3.14. The zero-order valence-electron chi connectivity index (χ0n) is 8.21. The lowest BCUT2D eigenvalue weighted by Gasteiger charge is -2.13. The summed E-state index contributed by atoms with van der Waals surface area (Å²) in [4.78, 5) is 11.1. The Morgan fingerprint density at radius 1 is 1.44 bits per heavy atom. The summed E-state index contributed by atoms with van der Waals surface area (Å²) in [7, 11) is 0. The van der Waals surface area contributed by atoms with Gasteiger partial charge in [0.25, 0.3) is 0 Å². The molecule has 0 spiro atoms. The van der Waals surface area contributed by atoms with Crippen molar-refractivity contribution in [3.05, 3.63) is 34.4 Å². The lowest BCUT2D eigenvalue weighted by molar-refractivity contribution is -0.139. The van der Waals surface area contributed by atoms with Crippen molar-refractivity contribution in [3.8, 4) is 0 Å². The van der Waals surface area contributed by atoms with E-state index in [9.17, 15) is 13.6 Å². The molecule has 0 saturated heterocycles. The summed E-state index contributed by atoms with van der Waals surface area (Å²) >= 11 is 5.63. The fourth-order valence-corrected chi connectivity index (χ4v) is 2.07. The Balaban J connectivity index is 2.45. The largest absolute Gasteiger partial charge is 0.481 e. The topological polar surface area (TPSA) is 37.3 Å². The number of aliphatic carboxylic acids is 1. The van der Waals surface area contributed by atoms with Gasteiger partial charge in [-0.25, -0.2) is 8.78 Å². The van der Waals surface area contributed by atoms with Crippen LogP contribution in [-0.4, -0.2) is 11.1 Å². The molecule has 2 rings (SSSR count). The van der Waals surface area contributed by atoms with Crippen LogP contribution in [0.2, 0.25) is 5.02 Å². The van der Waals surface area contributed by atoms with Gasteiger partial charge in [0.05, 0.1) is 10.9 Å². The maximum absolute atomic E-state index is 13.2. The van der Waals surface area contributed by atoms with Crippen LogP contribution in [0.4, 0.5) is 8.78 Å². The molecular formula is C11H9ClF2O2. The van der Waals surface area contributed by atoms with E-state index in [0.717, 1.165) is 18.9 Å². The van der Waals surface area contributed by atoms with E-state index < -0.39 is 28.5 Å². The molecule has 0 bridgehead atoms. The number of hydrogen-bond donors (Lipinski definition) is 1. The van der Waals surface area contributed by atoms with Gasteiger partial charge in [-0.15, -0.1) is 0 Å². The average Bonchev–Trinajstić information content (AvgIpc) is 3.02. The predicted molar refractivity (Wildman–Crippen MR) is 54.5 cm³/mol. The summed E-state index contributed by atoms with van der Waals surface area (Å²) in [5.74, 6) is -4.13. The molecule has 1 fully saturated rings. The van der Waals surface area contributed by atoms with Gasteiger partial charge in [-0.2, -0.15) is 0 Å². The smallest absolute Gasteiger partial charge is 0.311 e. The minimum absolute atomic E-state index is 0.0140. The van der Waals surface area contributed by atoms with Crippen molar-refractivity contribution >= 4 is 17.6 Å². The molecule has 0 aromatic heterocycles. The Hall–Kier alpha value is -1.16. The van der Waals surface area contributed by atoms with Gasteiger partial charge in [0, 0.05) is 0 Å². The van der Waals surface area contributed by atoms with E-state index in [4.69, 9.17) is 16.7 Å². The van der Waals surface area contributed by atoms with Gasteiger partial charge in [0.1, 0.15) is 0 Å². The number of carbonyl (C=O) groups is 1. The molecule has 1 aromatic carbocycles. The monoisotopic (exact) mass is 246 g/mol. The third-order valence-electron chi connectivity index (χ3n) is 2.76. The van der Waals surface area contributed by atoms with Crippen molar-refractivity contribution in [3.63, 3.8) is 0 Å². The summed E-state index contributed by atoms with van der Waals surface area (Å²) in [6.07, 6.45) is 1.57. The van der Waals surface area contributed by atoms with Crippen LogP contribution in [0.1, 0.15) is 24.3 Å². The summed E-state index contributed by atoms with van der Waals surface area (Å²) in [6, 6.07) is 2.16. The first-order valence-electron chi connectivity index (χ1n) is 4.88. The Morgan fingerprint density at radius 2 is 2.06 bits per heavy atom. The van der Waals surface area contributed by atoms with E-state index in [1.807, 2.05) is 0 Å². The van der Waals surface area contributed by atoms with E-state index in [-0.39, 0.29) is 11.5 Å². The van der Waals surface area contributed by atoms with Crippen molar-refractivity contribution in [2.45, 2.75) is 18.8 Å². The Bertz CT molecular complexity index is 444. The van der Waals surface area contributed by atoms with Gasteiger partial charge >= 0.3 is 5.97 Å². The third kappa shape index (κ3) is 1.89. The van der Waals surface area contributed by atoms with Crippen molar-refractivity contribution < 1.29 is 18.7 Å². The summed E-state index contributed by atoms with van der Waals surface area (Å²) < 4.78 is 26.0. The SMILES string of the molecule is O=C(O)C(c1ccc(F)c(F)c1Cl)C1CC1. The number of carboxylic acid groups (broad SMARTS) is 1. The second-order valence-electron chi connectivity index (χ2n) is 3.92. The molecule has 1 unspecified atom stereocenters. The average molecular weight is 247 g/mol. The lowest BCUT2D eigenvalue weighted by atomic mass is 9.94. The zero-order chi connectivity index (χ0) is 11.9. The molecule has 0 radical (unpaired) electrons. The van der Waals surface area contributed by atoms with Crippen molar-refractivity contribution in [1.29, 1.82) is 0 Å². The minimum atomic E-state index is -1.17. The van der Waals surface area contributed by atoms with Crippen LogP contribution in [-0.2, 0) is 4.79 Å². The number of rotatable bonds is 3. The van der Waals surface area contributed by atoms with Crippen LogP contribution in [0, 0.1) is 17.6 Å². The molecule has 0 amide bonds. The fraction of sp³-hybridized carbons (Fsp3) is 0.364.